The topological polar surface area (TPSA) is 43.4 Å². The number of unbranched alkanes of at least 4 members (excludes halogenated alkanes) is 2. The van der Waals surface area contributed by atoms with Gasteiger partial charge in [0.1, 0.15) is 6.29 Å². The number of esters is 1. The summed E-state index contributed by atoms with van der Waals surface area (Å²) in [5.74, 6) is -0.193. The van der Waals surface area contributed by atoms with E-state index in [0.29, 0.717) is 13.0 Å². The highest BCUT2D eigenvalue weighted by Gasteiger charge is 2.20. The summed E-state index contributed by atoms with van der Waals surface area (Å²) >= 11 is 0. The van der Waals surface area contributed by atoms with Gasteiger partial charge in [0.2, 0.25) is 0 Å². The van der Waals surface area contributed by atoms with Crippen LogP contribution >= 0.6 is 0 Å². The molecule has 0 saturated carbocycles. The first kappa shape index (κ1) is 16.1. The molecule has 17 heavy (non-hydrogen) atoms. The van der Waals surface area contributed by atoms with E-state index in [9.17, 15) is 9.59 Å². The molecule has 0 aliphatic heterocycles. The van der Waals surface area contributed by atoms with E-state index in [1.165, 1.54) is 0 Å². The summed E-state index contributed by atoms with van der Waals surface area (Å²) in [4.78, 5) is 22.0. The van der Waals surface area contributed by atoms with E-state index >= 15 is 0 Å². The highest BCUT2D eigenvalue weighted by atomic mass is 28.3. The summed E-state index contributed by atoms with van der Waals surface area (Å²) in [6.07, 6.45) is 4.99. The Hall–Kier alpha value is -0.903. The van der Waals surface area contributed by atoms with Gasteiger partial charge in [0.15, 0.2) is 0 Å². The lowest BCUT2D eigenvalue weighted by Gasteiger charge is -2.17. The van der Waals surface area contributed by atoms with Gasteiger partial charge in [-0.25, -0.2) is 4.79 Å². The van der Waals surface area contributed by atoms with Crippen LogP contribution in [0.2, 0.25) is 25.7 Å². The van der Waals surface area contributed by atoms with Crippen molar-refractivity contribution >= 4 is 20.3 Å². The fourth-order valence-corrected chi connectivity index (χ4v) is 2.93. The first-order chi connectivity index (χ1) is 7.90. The van der Waals surface area contributed by atoms with Crippen LogP contribution in [0, 0.1) is 0 Å². The standard InChI is InChI=1S/C13H24O3Si/c1-5-16-13(15)12(11-17(2,3)4)9-7-6-8-10-14/h9-10H,5-8,11H2,1-4H3/b12-9-. The van der Waals surface area contributed by atoms with E-state index in [1.54, 1.807) is 0 Å². The van der Waals surface area contributed by atoms with Gasteiger partial charge in [-0.1, -0.05) is 25.7 Å². The molecule has 0 saturated heterocycles. The van der Waals surface area contributed by atoms with Crippen LogP contribution in [0.5, 0.6) is 0 Å². The lowest BCUT2D eigenvalue weighted by molar-refractivity contribution is -0.138. The Morgan fingerprint density at radius 1 is 1.24 bits per heavy atom. The Morgan fingerprint density at radius 2 is 1.88 bits per heavy atom. The summed E-state index contributed by atoms with van der Waals surface area (Å²) < 4.78 is 5.05. The molecule has 4 heteroatoms. The molecule has 0 radical (unpaired) electrons. The van der Waals surface area contributed by atoms with E-state index in [0.717, 1.165) is 30.7 Å². The minimum absolute atomic E-state index is 0.193. The average molecular weight is 256 g/mol. The second-order valence-electron chi connectivity index (χ2n) is 5.28. The maximum Gasteiger partial charge on any atom is 0.333 e. The first-order valence-corrected chi connectivity index (χ1v) is 9.91. The molecule has 0 bridgehead atoms. The normalized spacial score (nSPS) is 12.4. The molecule has 0 aromatic rings. The smallest absolute Gasteiger partial charge is 0.333 e. The third-order valence-electron chi connectivity index (χ3n) is 2.18. The maximum absolute atomic E-state index is 11.7. The monoisotopic (exact) mass is 256 g/mol. The van der Waals surface area contributed by atoms with Gasteiger partial charge < -0.3 is 9.53 Å². The molecule has 0 spiro atoms. The highest BCUT2D eigenvalue weighted by molar-refractivity contribution is 6.77. The second-order valence-corrected chi connectivity index (χ2v) is 10.8. The van der Waals surface area contributed by atoms with E-state index in [2.05, 4.69) is 19.6 Å². The Labute approximate surface area is 105 Å². The Balaban J connectivity index is 4.49. The van der Waals surface area contributed by atoms with Crippen molar-refractivity contribution in [3.05, 3.63) is 11.6 Å². The van der Waals surface area contributed by atoms with Gasteiger partial charge in [-0.3, -0.25) is 0 Å². The zero-order valence-corrected chi connectivity index (χ0v) is 12.4. The molecule has 0 aliphatic rings. The molecule has 0 aromatic heterocycles. The summed E-state index contributed by atoms with van der Waals surface area (Å²) in [6.45, 7) is 8.91. The number of carbonyl (C=O) groups is 2. The fraction of sp³-hybridized carbons (Fsp3) is 0.692. The van der Waals surface area contributed by atoms with E-state index in [4.69, 9.17) is 4.74 Å². The van der Waals surface area contributed by atoms with Gasteiger partial charge in [-0.15, -0.1) is 0 Å². The number of hydrogen-bond acceptors (Lipinski definition) is 3. The molecule has 0 atom stereocenters. The van der Waals surface area contributed by atoms with Crippen molar-refractivity contribution in [3.8, 4) is 0 Å². The van der Waals surface area contributed by atoms with Crippen molar-refractivity contribution in [2.45, 2.75) is 51.9 Å². The van der Waals surface area contributed by atoms with Crippen LogP contribution in [0.25, 0.3) is 0 Å². The van der Waals surface area contributed by atoms with Crippen molar-refractivity contribution in [1.29, 1.82) is 0 Å². The van der Waals surface area contributed by atoms with Crippen molar-refractivity contribution in [2.24, 2.45) is 0 Å². The molecular weight excluding hydrogens is 232 g/mol. The second kappa shape index (κ2) is 8.23. The van der Waals surface area contributed by atoms with Gasteiger partial charge in [0, 0.05) is 20.1 Å². The predicted octanol–water partition coefficient (Wildman–Crippen LogP) is 3.18. The third kappa shape index (κ3) is 8.86. The average Bonchev–Trinajstić information content (AvgIpc) is 2.21. The lowest BCUT2D eigenvalue weighted by atomic mass is 10.2. The minimum atomic E-state index is -1.32. The van der Waals surface area contributed by atoms with Crippen LogP contribution in [0.1, 0.15) is 26.2 Å². The number of carbonyl (C=O) groups excluding carboxylic acids is 2. The molecule has 98 valence electrons. The quantitative estimate of drug-likeness (QED) is 0.220. The van der Waals surface area contributed by atoms with E-state index < -0.39 is 8.07 Å². The van der Waals surface area contributed by atoms with Crippen LogP contribution in [0.15, 0.2) is 11.6 Å². The summed E-state index contributed by atoms with van der Waals surface area (Å²) in [5.41, 5.74) is 0.789. The van der Waals surface area contributed by atoms with Crippen molar-refractivity contribution in [1.82, 2.24) is 0 Å². The molecule has 0 rings (SSSR count). The first-order valence-electron chi connectivity index (χ1n) is 6.20. The van der Waals surface area contributed by atoms with Crippen LogP contribution < -0.4 is 0 Å². The van der Waals surface area contributed by atoms with Crippen LogP contribution in [0.3, 0.4) is 0 Å². The number of rotatable bonds is 8. The zero-order valence-electron chi connectivity index (χ0n) is 11.4. The van der Waals surface area contributed by atoms with Crippen molar-refractivity contribution in [3.63, 3.8) is 0 Å². The van der Waals surface area contributed by atoms with Gasteiger partial charge >= 0.3 is 5.97 Å². The van der Waals surface area contributed by atoms with Crippen LogP contribution in [-0.2, 0) is 14.3 Å². The number of ether oxygens (including phenoxy) is 1. The van der Waals surface area contributed by atoms with Gasteiger partial charge in [-0.2, -0.15) is 0 Å². The molecule has 3 nitrogen and oxygen atoms in total. The summed E-state index contributed by atoms with van der Waals surface area (Å²) in [5, 5.41) is 0. The Morgan fingerprint density at radius 3 is 2.35 bits per heavy atom. The van der Waals surface area contributed by atoms with Gasteiger partial charge in [-0.05, 0) is 25.8 Å². The molecule has 0 unspecified atom stereocenters. The van der Waals surface area contributed by atoms with Gasteiger partial charge in [0.25, 0.3) is 0 Å². The highest BCUT2D eigenvalue weighted by Crippen LogP contribution is 2.18. The molecule has 0 fully saturated rings. The number of allylic oxidation sites excluding steroid dienone is 1. The summed E-state index contributed by atoms with van der Waals surface area (Å²) in [7, 11) is -1.32. The Kier molecular flexibility index (Phi) is 7.79. The van der Waals surface area contributed by atoms with Crippen LogP contribution in [0.4, 0.5) is 0 Å². The zero-order chi connectivity index (χ0) is 13.3. The third-order valence-corrected chi connectivity index (χ3v) is 3.62. The molecule has 0 aliphatic carbocycles. The van der Waals surface area contributed by atoms with Crippen LogP contribution in [-0.4, -0.2) is 26.9 Å². The maximum atomic E-state index is 11.7. The fourth-order valence-electron chi connectivity index (χ4n) is 1.50. The number of aldehydes is 1. The molecular formula is C13H24O3Si. The van der Waals surface area contributed by atoms with Crippen molar-refractivity contribution < 1.29 is 14.3 Å². The molecule has 0 N–H and O–H groups in total. The summed E-state index contributed by atoms with van der Waals surface area (Å²) in [6, 6.07) is 0.840. The van der Waals surface area contributed by atoms with E-state index in [-0.39, 0.29) is 5.97 Å². The van der Waals surface area contributed by atoms with Gasteiger partial charge in [0.05, 0.1) is 6.61 Å². The lowest BCUT2D eigenvalue weighted by Crippen LogP contribution is -2.23. The largest absolute Gasteiger partial charge is 0.463 e. The molecule has 0 heterocycles. The number of hydrogen-bond donors (Lipinski definition) is 0. The molecule has 0 amide bonds. The SMILES string of the molecule is CCOC(=O)/C(=C\CCCC=O)C[Si](C)(C)C. The van der Waals surface area contributed by atoms with Crippen molar-refractivity contribution in [2.75, 3.05) is 6.61 Å². The molecule has 0 aromatic carbocycles. The Bertz CT molecular complexity index is 277. The van der Waals surface area contributed by atoms with E-state index in [1.807, 2.05) is 13.0 Å². The minimum Gasteiger partial charge on any atom is -0.463 e. The predicted molar refractivity (Wildman–Crippen MR) is 72.8 cm³/mol.